The minimum atomic E-state index is 0.0409. The van der Waals surface area contributed by atoms with Crippen LogP contribution in [0.2, 0.25) is 0 Å². The highest BCUT2D eigenvalue weighted by Crippen LogP contribution is 2.30. The lowest BCUT2D eigenvalue weighted by atomic mass is 10.1. The molecule has 1 aliphatic heterocycles. The highest BCUT2D eigenvalue weighted by atomic mass is 16.2. The van der Waals surface area contributed by atoms with E-state index in [0.29, 0.717) is 17.6 Å². The molecule has 0 unspecified atom stereocenters. The Balaban J connectivity index is 1.39. The summed E-state index contributed by atoms with van der Waals surface area (Å²) in [6.45, 7) is 7.29. The third kappa shape index (κ3) is 4.67. The second-order valence-electron chi connectivity index (χ2n) is 9.09. The molecule has 1 N–H and O–H groups in total. The van der Waals surface area contributed by atoms with Gasteiger partial charge >= 0.3 is 0 Å². The minimum Gasteiger partial charge on any atom is -0.365 e. The van der Waals surface area contributed by atoms with E-state index >= 15 is 0 Å². The fourth-order valence-corrected chi connectivity index (χ4v) is 4.29. The van der Waals surface area contributed by atoms with Crippen LogP contribution in [0.5, 0.6) is 0 Å². The number of hydrogen-bond acceptors (Lipinski definition) is 6. The van der Waals surface area contributed by atoms with Crippen molar-refractivity contribution < 1.29 is 4.79 Å². The SMILES string of the molecule is Cc1ncc(C#Cc2ccc(N3CCN(C)C[C@H]3C)cn2)c2cc(NC(=O)C3CC3)ncc12. The highest BCUT2D eigenvalue weighted by molar-refractivity contribution is 5.96. The summed E-state index contributed by atoms with van der Waals surface area (Å²) in [6, 6.07) is 6.41. The van der Waals surface area contributed by atoms with Gasteiger partial charge in [-0.2, -0.15) is 0 Å². The third-order valence-electron chi connectivity index (χ3n) is 6.41. The van der Waals surface area contributed by atoms with Crippen LogP contribution in [-0.4, -0.2) is 58.5 Å². The number of aromatic nitrogens is 3. The molecule has 3 aromatic heterocycles. The second-order valence-corrected chi connectivity index (χ2v) is 9.09. The first kappa shape index (κ1) is 21.4. The Kier molecular flexibility index (Phi) is 5.69. The number of amides is 1. The lowest BCUT2D eigenvalue weighted by molar-refractivity contribution is -0.117. The molecule has 0 aromatic carbocycles. The Hall–Kier alpha value is -3.50. The van der Waals surface area contributed by atoms with Gasteiger partial charge in [0.25, 0.3) is 0 Å². The highest BCUT2D eigenvalue weighted by Gasteiger charge is 2.29. The molecule has 7 nitrogen and oxygen atoms in total. The number of likely N-dealkylation sites (N-methyl/N-ethyl adjacent to an activating group) is 1. The van der Waals surface area contributed by atoms with E-state index in [0.717, 1.165) is 60.2 Å². The van der Waals surface area contributed by atoms with Gasteiger partial charge < -0.3 is 15.1 Å². The zero-order valence-corrected chi connectivity index (χ0v) is 19.3. The van der Waals surface area contributed by atoms with E-state index in [1.165, 1.54) is 0 Å². The molecule has 33 heavy (non-hydrogen) atoms. The number of hydrogen-bond donors (Lipinski definition) is 1. The lowest BCUT2D eigenvalue weighted by Gasteiger charge is -2.39. The van der Waals surface area contributed by atoms with Crippen LogP contribution in [0.1, 0.15) is 36.7 Å². The number of anilines is 2. The Morgan fingerprint density at radius 3 is 2.64 bits per heavy atom. The predicted molar refractivity (Wildman–Crippen MR) is 130 cm³/mol. The number of fused-ring (bicyclic) bond motifs is 1. The van der Waals surface area contributed by atoms with Crippen molar-refractivity contribution >= 4 is 28.2 Å². The van der Waals surface area contributed by atoms with Gasteiger partial charge in [-0.25, -0.2) is 9.97 Å². The molecule has 1 saturated heterocycles. The summed E-state index contributed by atoms with van der Waals surface area (Å²) < 4.78 is 0. The molecule has 1 atom stereocenters. The van der Waals surface area contributed by atoms with Crippen LogP contribution in [0, 0.1) is 24.7 Å². The maximum absolute atomic E-state index is 12.1. The molecule has 7 heteroatoms. The van der Waals surface area contributed by atoms with E-state index in [1.54, 1.807) is 12.4 Å². The molecule has 2 aliphatic rings. The maximum Gasteiger partial charge on any atom is 0.228 e. The van der Waals surface area contributed by atoms with Crippen molar-refractivity contribution in [1.29, 1.82) is 0 Å². The van der Waals surface area contributed by atoms with Crippen LogP contribution < -0.4 is 10.2 Å². The standard InChI is InChI=1S/C26H28N6O/c1-17-16-31(3)10-11-32(17)22-9-8-21(28-14-22)7-6-20-13-27-18(2)24-15-29-25(12-23(20)24)30-26(33)19-4-5-19/h8-9,12-15,17,19H,4-5,10-11,16H2,1-3H3,(H,29,30,33)/t17-/m1/s1. The lowest BCUT2D eigenvalue weighted by Crippen LogP contribution is -2.50. The number of nitrogens with zero attached hydrogens (tertiary/aromatic N) is 5. The first-order chi connectivity index (χ1) is 16.0. The summed E-state index contributed by atoms with van der Waals surface area (Å²) in [6.07, 6.45) is 7.36. The van der Waals surface area contributed by atoms with E-state index in [9.17, 15) is 4.79 Å². The summed E-state index contributed by atoms with van der Waals surface area (Å²) in [5, 5.41) is 4.78. The van der Waals surface area contributed by atoms with E-state index < -0.39 is 0 Å². The molecule has 0 bridgehead atoms. The predicted octanol–water partition coefficient (Wildman–Crippen LogP) is 3.22. The van der Waals surface area contributed by atoms with E-state index in [4.69, 9.17) is 0 Å². The third-order valence-corrected chi connectivity index (χ3v) is 6.41. The van der Waals surface area contributed by atoms with Crippen molar-refractivity contribution in [1.82, 2.24) is 19.9 Å². The van der Waals surface area contributed by atoms with Gasteiger partial charge in [-0.1, -0.05) is 5.92 Å². The van der Waals surface area contributed by atoms with Gasteiger partial charge in [0.2, 0.25) is 5.91 Å². The van der Waals surface area contributed by atoms with Crippen LogP contribution in [0.25, 0.3) is 10.8 Å². The van der Waals surface area contributed by atoms with Gasteiger partial charge in [0.05, 0.1) is 17.4 Å². The quantitative estimate of drug-likeness (QED) is 0.631. The average molecular weight is 441 g/mol. The summed E-state index contributed by atoms with van der Waals surface area (Å²) in [5.74, 6) is 7.12. The van der Waals surface area contributed by atoms with Crippen LogP contribution in [-0.2, 0) is 4.79 Å². The smallest absolute Gasteiger partial charge is 0.228 e. The number of pyridine rings is 3. The van der Waals surface area contributed by atoms with Crippen molar-refractivity contribution in [3.8, 4) is 11.8 Å². The molecule has 1 amide bonds. The van der Waals surface area contributed by atoms with Crippen LogP contribution >= 0.6 is 0 Å². The van der Waals surface area contributed by atoms with Crippen molar-refractivity contribution in [3.05, 3.63) is 53.7 Å². The number of piperazine rings is 1. The van der Waals surface area contributed by atoms with Crippen molar-refractivity contribution in [2.45, 2.75) is 32.7 Å². The van der Waals surface area contributed by atoms with Gasteiger partial charge in [0, 0.05) is 60.5 Å². The zero-order chi connectivity index (χ0) is 22.9. The topological polar surface area (TPSA) is 74.2 Å². The summed E-state index contributed by atoms with van der Waals surface area (Å²) in [5.41, 5.74) is 3.52. The molecule has 1 aliphatic carbocycles. The van der Waals surface area contributed by atoms with E-state index in [1.807, 2.05) is 25.3 Å². The molecule has 0 spiro atoms. The van der Waals surface area contributed by atoms with E-state index in [2.05, 4.69) is 61.9 Å². The Bertz CT molecular complexity index is 1260. The summed E-state index contributed by atoms with van der Waals surface area (Å²) >= 11 is 0. The first-order valence-corrected chi connectivity index (χ1v) is 11.5. The van der Waals surface area contributed by atoms with Crippen LogP contribution in [0.15, 0.2) is 36.8 Å². The largest absolute Gasteiger partial charge is 0.365 e. The van der Waals surface area contributed by atoms with Gasteiger partial charge in [-0.05, 0) is 57.9 Å². The monoisotopic (exact) mass is 440 g/mol. The number of carbonyl (C=O) groups excluding carboxylic acids is 1. The number of aryl methyl sites for hydroxylation is 1. The molecule has 3 aromatic rings. The summed E-state index contributed by atoms with van der Waals surface area (Å²) in [4.78, 5) is 30.4. The minimum absolute atomic E-state index is 0.0409. The Labute approximate surface area is 194 Å². The molecule has 5 rings (SSSR count). The molecule has 168 valence electrons. The van der Waals surface area contributed by atoms with Crippen molar-refractivity contribution in [3.63, 3.8) is 0 Å². The van der Waals surface area contributed by atoms with Gasteiger partial charge in [-0.3, -0.25) is 9.78 Å². The number of carbonyl (C=O) groups is 1. The normalized spacial score (nSPS) is 18.6. The molecule has 0 radical (unpaired) electrons. The molecular formula is C26H28N6O. The molecular weight excluding hydrogens is 412 g/mol. The Morgan fingerprint density at radius 2 is 1.91 bits per heavy atom. The van der Waals surface area contributed by atoms with Crippen LogP contribution in [0.3, 0.4) is 0 Å². The first-order valence-electron chi connectivity index (χ1n) is 11.5. The van der Waals surface area contributed by atoms with Crippen molar-refractivity contribution in [2.75, 3.05) is 36.9 Å². The fraction of sp³-hybridized carbons (Fsp3) is 0.385. The molecule has 1 saturated carbocycles. The number of nitrogens with one attached hydrogen (secondary N) is 1. The van der Waals surface area contributed by atoms with Gasteiger partial charge in [0.1, 0.15) is 11.5 Å². The Morgan fingerprint density at radius 1 is 1.06 bits per heavy atom. The van der Waals surface area contributed by atoms with E-state index in [-0.39, 0.29) is 11.8 Å². The van der Waals surface area contributed by atoms with Gasteiger partial charge in [0.15, 0.2) is 0 Å². The van der Waals surface area contributed by atoms with Crippen LogP contribution in [0.4, 0.5) is 11.5 Å². The number of rotatable bonds is 3. The molecule has 2 fully saturated rings. The van der Waals surface area contributed by atoms with Gasteiger partial charge in [-0.15, -0.1) is 0 Å². The molecule has 4 heterocycles. The average Bonchev–Trinajstić information content (AvgIpc) is 3.65. The van der Waals surface area contributed by atoms with Crippen molar-refractivity contribution in [2.24, 2.45) is 5.92 Å². The maximum atomic E-state index is 12.1. The fourth-order valence-electron chi connectivity index (χ4n) is 4.29. The second kappa shape index (κ2) is 8.80. The zero-order valence-electron chi connectivity index (χ0n) is 19.3. The summed E-state index contributed by atoms with van der Waals surface area (Å²) in [7, 11) is 2.16.